The number of nitrogens with zero attached hydrogens (tertiary/aromatic N) is 3. The zero-order chi connectivity index (χ0) is 15.1. The normalized spacial score (nSPS) is 16.7. The highest BCUT2D eigenvalue weighted by Gasteiger charge is 2.26. The summed E-state index contributed by atoms with van der Waals surface area (Å²) in [6.45, 7) is 1.89. The highest BCUT2D eigenvalue weighted by Crippen LogP contribution is 2.39. The molecular formula is C16H16N4O2. The molecule has 1 aliphatic carbocycles. The Balaban J connectivity index is 1.73. The van der Waals surface area contributed by atoms with Crippen LogP contribution in [-0.2, 0) is 6.42 Å². The van der Waals surface area contributed by atoms with E-state index in [-0.39, 0.29) is 6.04 Å². The highest BCUT2D eigenvalue weighted by atomic mass is 16.5. The standard InChI is InChI=1S/C16H16N4O2/c1-9-14-15(17-8-18-16(14)22-20-9)19-12-7-6-11-10(12)4-3-5-13(11)21-2/h3-5,8,12H,6-7H2,1-2H3,(H,17,18,19). The number of fused-ring (bicyclic) bond motifs is 2. The van der Waals surface area contributed by atoms with Crippen molar-refractivity contribution in [3.63, 3.8) is 0 Å². The van der Waals surface area contributed by atoms with Crippen molar-refractivity contribution in [1.82, 2.24) is 15.1 Å². The molecule has 0 radical (unpaired) electrons. The topological polar surface area (TPSA) is 73.1 Å². The van der Waals surface area contributed by atoms with Crippen LogP contribution in [0.15, 0.2) is 29.0 Å². The minimum Gasteiger partial charge on any atom is -0.496 e. The van der Waals surface area contributed by atoms with Crippen molar-refractivity contribution >= 4 is 16.9 Å². The summed E-state index contributed by atoms with van der Waals surface area (Å²) in [7, 11) is 1.71. The van der Waals surface area contributed by atoms with Gasteiger partial charge in [-0.25, -0.2) is 4.98 Å². The third-order valence-corrected chi connectivity index (χ3v) is 4.20. The molecule has 0 saturated heterocycles. The molecule has 1 aliphatic rings. The van der Waals surface area contributed by atoms with Crippen molar-refractivity contribution in [1.29, 1.82) is 0 Å². The second kappa shape index (κ2) is 4.98. The SMILES string of the molecule is COc1cccc2c1CCC2Nc1ncnc2onc(C)c12. The van der Waals surface area contributed by atoms with Gasteiger partial charge in [-0.3, -0.25) is 0 Å². The molecule has 0 bridgehead atoms. The first-order valence-electron chi connectivity index (χ1n) is 7.27. The maximum Gasteiger partial charge on any atom is 0.263 e. The predicted octanol–water partition coefficient (Wildman–Crippen LogP) is 3.03. The van der Waals surface area contributed by atoms with Gasteiger partial charge in [-0.1, -0.05) is 17.3 Å². The Bertz CT molecular complexity index is 843. The van der Waals surface area contributed by atoms with Crippen LogP contribution in [0.3, 0.4) is 0 Å². The number of benzene rings is 1. The lowest BCUT2D eigenvalue weighted by molar-refractivity contribution is 0.410. The van der Waals surface area contributed by atoms with Crippen molar-refractivity contribution < 1.29 is 9.26 Å². The van der Waals surface area contributed by atoms with Gasteiger partial charge in [-0.05, 0) is 37.0 Å². The molecule has 0 aliphatic heterocycles. The van der Waals surface area contributed by atoms with Gasteiger partial charge in [0.1, 0.15) is 23.3 Å². The number of aromatic nitrogens is 3. The molecule has 3 aromatic rings. The zero-order valence-corrected chi connectivity index (χ0v) is 12.5. The molecule has 0 saturated carbocycles. The van der Waals surface area contributed by atoms with Gasteiger partial charge in [0.05, 0.1) is 18.8 Å². The lowest BCUT2D eigenvalue weighted by Crippen LogP contribution is -2.09. The van der Waals surface area contributed by atoms with Gasteiger partial charge in [0.15, 0.2) is 0 Å². The van der Waals surface area contributed by atoms with E-state index in [9.17, 15) is 0 Å². The minimum atomic E-state index is 0.206. The molecule has 2 aromatic heterocycles. The van der Waals surface area contributed by atoms with Crippen molar-refractivity contribution in [3.8, 4) is 5.75 Å². The van der Waals surface area contributed by atoms with Crippen LogP contribution in [0.5, 0.6) is 5.75 Å². The van der Waals surface area contributed by atoms with Crippen LogP contribution in [0.2, 0.25) is 0 Å². The maximum absolute atomic E-state index is 5.45. The number of anilines is 1. The van der Waals surface area contributed by atoms with E-state index >= 15 is 0 Å². The second-order valence-corrected chi connectivity index (χ2v) is 5.43. The van der Waals surface area contributed by atoms with Gasteiger partial charge < -0.3 is 14.6 Å². The molecule has 4 rings (SSSR count). The van der Waals surface area contributed by atoms with E-state index in [4.69, 9.17) is 9.26 Å². The van der Waals surface area contributed by atoms with E-state index in [0.29, 0.717) is 5.71 Å². The Morgan fingerprint density at radius 2 is 2.23 bits per heavy atom. The van der Waals surface area contributed by atoms with Gasteiger partial charge in [0.2, 0.25) is 0 Å². The smallest absolute Gasteiger partial charge is 0.263 e. The van der Waals surface area contributed by atoms with Crippen LogP contribution >= 0.6 is 0 Å². The fraction of sp³-hybridized carbons (Fsp3) is 0.312. The Morgan fingerprint density at radius 3 is 3.09 bits per heavy atom. The summed E-state index contributed by atoms with van der Waals surface area (Å²) in [4.78, 5) is 8.47. The molecule has 1 atom stereocenters. The molecule has 0 fully saturated rings. The van der Waals surface area contributed by atoms with Crippen LogP contribution < -0.4 is 10.1 Å². The summed E-state index contributed by atoms with van der Waals surface area (Å²) < 4.78 is 10.7. The molecule has 0 spiro atoms. The van der Waals surface area contributed by atoms with E-state index in [0.717, 1.165) is 35.5 Å². The molecule has 1 N–H and O–H groups in total. The average Bonchev–Trinajstić information content (AvgIpc) is 3.12. The highest BCUT2D eigenvalue weighted by molar-refractivity contribution is 5.87. The van der Waals surface area contributed by atoms with Crippen LogP contribution in [0.1, 0.15) is 29.3 Å². The van der Waals surface area contributed by atoms with Crippen molar-refractivity contribution in [2.24, 2.45) is 0 Å². The first-order chi connectivity index (χ1) is 10.8. The average molecular weight is 296 g/mol. The molecule has 112 valence electrons. The molecular weight excluding hydrogens is 280 g/mol. The zero-order valence-electron chi connectivity index (χ0n) is 12.5. The Morgan fingerprint density at radius 1 is 1.32 bits per heavy atom. The number of rotatable bonds is 3. The molecule has 1 unspecified atom stereocenters. The molecule has 0 amide bonds. The summed E-state index contributed by atoms with van der Waals surface area (Å²) in [5, 5.41) is 8.32. The van der Waals surface area contributed by atoms with Gasteiger partial charge in [-0.15, -0.1) is 0 Å². The Hall–Kier alpha value is -2.63. The molecule has 6 nitrogen and oxygen atoms in total. The van der Waals surface area contributed by atoms with Crippen LogP contribution in [0, 0.1) is 6.92 Å². The number of aryl methyl sites for hydroxylation is 1. The number of ether oxygens (including phenoxy) is 1. The first kappa shape index (κ1) is 13.1. The first-order valence-corrected chi connectivity index (χ1v) is 7.27. The van der Waals surface area contributed by atoms with Gasteiger partial charge in [0.25, 0.3) is 5.71 Å². The van der Waals surface area contributed by atoms with Crippen molar-refractivity contribution in [2.75, 3.05) is 12.4 Å². The van der Waals surface area contributed by atoms with E-state index < -0.39 is 0 Å². The number of hydrogen-bond donors (Lipinski definition) is 1. The largest absolute Gasteiger partial charge is 0.496 e. The fourth-order valence-corrected chi connectivity index (χ4v) is 3.16. The molecule has 6 heteroatoms. The van der Waals surface area contributed by atoms with E-state index in [1.807, 2.05) is 19.1 Å². The van der Waals surface area contributed by atoms with Gasteiger partial charge in [-0.2, -0.15) is 4.98 Å². The lowest BCUT2D eigenvalue weighted by Gasteiger charge is -2.15. The molecule has 1 aromatic carbocycles. The number of hydrogen-bond acceptors (Lipinski definition) is 6. The number of methoxy groups -OCH3 is 1. The van der Waals surface area contributed by atoms with E-state index in [2.05, 4.69) is 26.5 Å². The Kier molecular flexibility index (Phi) is 2.96. The van der Waals surface area contributed by atoms with Gasteiger partial charge in [0, 0.05) is 0 Å². The number of nitrogens with one attached hydrogen (secondary N) is 1. The van der Waals surface area contributed by atoms with Crippen molar-refractivity contribution in [2.45, 2.75) is 25.8 Å². The molecule has 22 heavy (non-hydrogen) atoms. The van der Waals surface area contributed by atoms with Crippen LogP contribution in [0.4, 0.5) is 5.82 Å². The summed E-state index contributed by atoms with van der Waals surface area (Å²) in [6, 6.07) is 6.38. The lowest BCUT2D eigenvalue weighted by atomic mass is 10.1. The summed E-state index contributed by atoms with van der Waals surface area (Å²) in [5.41, 5.74) is 3.84. The summed E-state index contributed by atoms with van der Waals surface area (Å²) in [5.74, 6) is 1.72. The third-order valence-electron chi connectivity index (χ3n) is 4.20. The van der Waals surface area contributed by atoms with E-state index in [1.54, 1.807) is 7.11 Å². The fourth-order valence-electron chi connectivity index (χ4n) is 3.16. The van der Waals surface area contributed by atoms with E-state index in [1.165, 1.54) is 17.5 Å². The second-order valence-electron chi connectivity index (χ2n) is 5.43. The van der Waals surface area contributed by atoms with Crippen molar-refractivity contribution in [3.05, 3.63) is 41.3 Å². The Labute approximate surface area is 127 Å². The predicted molar refractivity (Wildman–Crippen MR) is 82.0 cm³/mol. The quantitative estimate of drug-likeness (QED) is 0.801. The minimum absolute atomic E-state index is 0.206. The van der Waals surface area contributed by atoms with Crippen LogP contribution in [-0.4, -0.2) is 22.2 Å². The molecule has 2 heterocycles. The van der Waals surface area contributed by atoms with Gasteiger partial charge >= 0.3 is 0 Å². The monoisotopic (exact) mass is 296 g/mol. The third kappa shape index (κ3) is 1.91. The summed E-state index contributed by atoms with van der Waals surface area (Å²) in [6.07, 6.45) is 3.50. The summed E-state index contributed by atoms with van der Waals surface area (Å²) >= 11 is 0. The van der Waals surface area contributed by atoms with Crippen LogP contribution in [0.25, 0.3) is 11.1 Å². The maximum atomic E-state index is 5.45.